The van der Waals surface area contributed by atoms with Crippen molar-refractivity contribution >= 4 is 29.1 Å². The van der Waals surface area contributed by atoms with Gasteiger partial charge in [0.1, 0.15) is 0 Å². The van der Waals surface area contributed by atoms with E-state index in [1.807, 2.05) is 12.1 Å². The average molecular weight is 304 g/mol. The van der Waals surface area contributed by atoms with Gasteiger partial charge in [-0.15, -0.1) is 0 Å². The minimum atomic E-state index is -0.585. The van der Waals surface area contributed by atoms with Gasteiger partial charge < -0.3 is 10.1 Å². The first kappa shape index (κ1) is 15.8. The predicted octanol–water partition coefficient (Wildman–Crippen LogP) is 2.60. The zero-order valence-electron chi connectivity index (χ0n) is 13.0. The van der Waals surface area contributed by atoms with Gasteiger partial charge in [-0.25, -0.2) is 24.0 Å². The van der Waals surface area contributed by atoms with E-state index in [0.29, 0.717) is 17.6 Å². The van der Waals surface area contributed by atoms with E-state index in [1.54, 1.807) is 12.1 Å². The number of fused-ring (bicyclic) bond motifs is 1. The van der Waals surface area contributed by atoms with E-state index < -0.39 is 6.09 Å². The Hall–Kier alpha value is -2.57. The lowest BCUT2D eigenvalue weighted by molar-refractivity contribution is 0.179. The minimum Gasteiger partial charge on any atom is -0.452 e. The highest BCUT2D eigenvalue weighted by Gasteiger charge is 2.23. The normalized spacial score (nSPS) is 10.5. The molecule has 0 unspecified atom stereocenters. The summed E-state index contributed by atoms with van der Waals surface area (Å²) in [5.41, 5.74) is 1.28. The zero-order chi connectivity index (χ0) is 16.1. The molecule has 0 atom stereocenters. The number of hydrogen-bond donors (Lipinski definition) is 1. The van der Waals surface area contributed by atoms with Crippen LogP contribution in [0.3, 0.4) is 0 Å². The first-order valence-corrected chi connectivity index (χ1v) is 7.17. The van der Waals surface area contributed by atoms with Gasteiger partial charge in [-0.05, 0) is 18.6 Å². The molecule has 22 heavy (non-hydrogen) atoms. The summed E-state index contributed by atoms with van der Waals surface area (Å²) < 4.78 is 6.09. The van der Waals surface area contributed by atoms with Gasteiger partial charge in [0.15, 0.2) is 0 Å². The molecule has 1 aromatic carbocycles. The van der Waals surface area contributed by atoms with Crippen molar-refractivity contribution in [1.82, 2.24) is 14.9 Å². The van der Waals surface area contributed by atoms with E-state index in [9.17, 15) is 9.59 Å². The molecule has 7 nitrogen and oxygen atoms in total. The Kier molecular flexibility index (Phi) is 4.98. The maximum Gasteiger partial charge on any atom is 0.416 e. The predicted molar refractivity (Wildman–Crippen MR) is 84.2 cm³/mol. The summed E-state index contributed by atoms with van der Waals surface area (Å²) in [5, 5.41) is 2.84. The fourth-order valence-electron chi connectivity index (χ4n) is 2.11. The van der Waals surface area contributed by atoms with Crippen LogP contribution in [0, 0.1) is 0 Å². The second-order valence-corrected chi connectivity index (χ2v) is 4.85. The third-order valence-electron chi connectivity index (χ3n) is 3.30. The van der Waals surface area contributed by atoms with Crippen LogP contribution in [0.4, 0.5) is 15.5 Å². The van der Waals surface area contributed by atoms with Gasteiger partial charge in [-0.2, -0.15) is 0 Å². The Morgan fingerprint density at radius 2 is 2.09 bits per heavy atom. The largest absolute Gasteiger partial charge is 0.452 e. The van der Waals surface area contributed by atoms with Crippen LogP contribution < -0.4 is 10.2 Å². The van der Waals surface area contributed by atoms with Gasteiger partial charge in [0.25, 0.3) is 0 Å². The number of carbonyl (C=O) groups is 2. The number of carbonyl (C=O) groups excluding carboxylic acids is 2. The van der Waals surface area contributed by atoms with E-state index in [-0.39, 0.29) is 12.0 Å². The van der Waals surface area contributed by atoms with E-state index in [2.05, 4.69) is 17.2 Å². The number of imidazole rings is 1. The van der Waals surface area contributed by atoms with Crippen LogP contribution >= 0.6 is 0 Å². The average Bonchev–Trinajstić information content (AvgIpc) is 2.92. The third-order valence-corrected chi connectivity index (χ3v) is 3.30. The van der Waals surface area contributed by atoms with E-state index in [4.69, 9.17) is 4.74 Å². The lowest BCUT2D eigenvalue weighted by Crippen LogP contribution is -2.35. The van der Waals surface area contributed by atoms with E-state index in [0.717, 1.165) is 12.8 Å². The number of methoxy groups -OCH3 is 1. The molecule has 2 rings (SSSR count). The first-order valence-electron chi connectivity index (χ1n) is 7.17. The number of nitrogens with one attached hydrogen (secondary N) is 1. The number of aromatic nitrogens is 2. The molecular formula is C15H20N4O3. The van der Waals surface area contributed by atoms with Crippen LogP contribution in [0.15, 0.2) is 24.3 Å². The molecule has 118 valence electrons. The Balaban J connectivity index is 2.44. The monoisotopic (exact) mass is 304 g/mol. The highest BCUT2D eigenvalue weighted by molar-refractivity contribution is 5.96. The number of unbranched alkanes of at least 4 members (excludes halogenated alkanes) is 1. The number of benzene rings is 1. The molecule has 7 heteroatoms. The van der Waals surface area contributed by atoms with Crippen LogP contribution in [0.2, 0.25) is 0 Å². The maximum absolute atomic E-state index is 12.5. The Morgan fingerprint density at radius 1 is 1.36 bits per heavy atom. The summed E-state index contributed by atoms with van der Waals surface area (Å²) in [6.45, 7) is 2.62. The molecule has 0 aliphatic heterocycles. The molecule has 0 saturated heterocycles. The van der Waals surface area contributed by atoms with Crippen molar-refractivity contribution in [2.24, 2.45) is 0 Å². The number of rotatable bonds is 4. The molecule has 0 spiro atoms. The smallest absolute Gasteiger partial charge is 0.416 e. The van der Waals surface area contributed by atoms with Gasteiger partial charge in [-0.1, -0.05) is 25.5 Å². The fraction of sp³-hybridized carbons (Fsp3) is 0.400. The van der Waals surface area contributed by atoms with Gasteiger partial charge in [0.2, 0.25) is 5.95 Å². The van der Waals surface area contributed by atoms with Crippen molar-refractivity contribution < 1.29 is 14.3 Å². The lowest BCUT2D eigenvalue weighted by Gasteiger charge is -2.16. The van der Waals surface area contributed by atoms with Crippen molar-refractivity contribution in [1.29, 1.82) is 0 Å². The van der Waals surface area contributed by atoms with Crippen molar-refractivity contribution in [3.8, 4) is 0 Å². The summed E-state index contributed by atoms with van der Waals surface area (Å²) in [7, 11) is 2.80. The number of ether oxygens (including phenoxy) is 1. The molecule has 2 aromatic rings. The fourth-order valence-corrected chi connectivity index (χ4v) is 2.11. The Morgan fingerprint density at radius 3 is 2.77 bits per heavy atom. The van der Waals surface area contributed by atoms with Crippen molar-refractivity contribution in [2.75, 3.05) is 25.6 Å². The molecule has 1 N–H and O–H groups in total. The van der Waals surface area contributed by atoms with Crippen LogP contribution in [-0.2, 0) is 4.74 Å². The highest BCUT2D eigenvalue weighted by Crippen LogP contribution is 2.22. The molecule has 1 heterocycles. The molecule has 0 saturated carbocycles. The number of para-hydroxylation sites is 2. The molecular weight excluding hydrogens is 284 g/mol. The molecule has 1 aromatic heterocycles. The standard InChI is InChI=1S/C15H20N4O3/c1-4-5-10-16-14(20)19-12-9-7-6-8-11(12)17-13(19)18(2)15(21)22-3/h6-9H,4-5,10H2,1-3H3,(H,16,20). The third kappa shape index (κ3) is 3.03. The highest BCUT2D eigenvalue weighted by atomic mass is 16.5. The lowest BCUT2D eigenvalue weighted by atomic mass is 10.3. The van der Waals surface area contributed by atoms with Gasteiger partial charge in [0.05, 0.1) is 18.1 Å². The first-order chi connectivity index (χ1) is 10.6. The topological polar surface area (TPSA) is 76.5 Å². The SMILES string of the molecule is CCCCNC(=O)n1c(N(C)C(=O)OC)nc2ccccc21. The van der Waals surface area contributed by atoms with E-state index in [1.165, 1.54) is 23.6 Å². The second kappa shape index (κ2) is 6.93. The molecule has 0 radical (unpaired) electrons. The van der Waals surface area contributed by atoms with Crippen molar-refractivity contribution in [3.63, 3.8) is 0 Å². The quantitative estimate of drug-likeness (QED) is 0.881. The van der Waals surface area contributed by atoms with Gasteiger partial charge in [0, 0.05) is 13.6 Å². The van der Waals surface area contributed by atoms with Crippen LogP contribution in [0.25, 0.3) is 11.0 Å². The number of anilines is 1. The Labute approximate surface area is 128 Å². The summed E-state index contributed by atoms with van der Waals surface area (Å²) in [5.74, 6) is 0.224. The van der Waals surface area contributed by atoms with Crippen LogP contribution in [0.5, 0.6) is 0 Å². The minimum absolute atomic E-state index is 0.224. The Bertz CT molecular complexity index is 680. The van der Waals surface area contributed by atoms with Crippen LogP contribution in [-0.4, -0.2) is 42.4 Å². The molecule has 2 amide bonds. The summed E-state index contributed by atoms with van der Waals surface area (Å²) in [4.78, 5) is 29.8. The zero-order valence-corrected chi connectivity index (χ0v) is 13.0. The molecule has 0 bridgehead atoms. The molecule has 0 aliphatic rings. The molecule has 0 aliphatic carbocycles. The maximum atomic E-state index is 12.5. The van der Waals surface area contributed by atoms with Crippen molar-refractivity contribution in [3.05, 3.63) is 24.3 Å². The number of nitrogens with zero attached hydrogens (tertiary/aromatic N) is 3. The summed E-state index contributed by atoms with van der Waals surface area (Å²) >= 11 is 0. The number of hydrogen-bond acceptors (Lipinski definition) is 4. The van der Waals surface area contributed by atoms with Crippen molar-refractivity contribution in [2.45, 2.75) is 19.8 Å². The summed E-state index contributed by atoms with van der Waals surface area (Å²) in [6.07, 6.45) is 1.29. The van der Waals surface area contributed by atoms with Crippen LogP contribution in [0.1, 0.15) is 19.8 Å². The number of amides is 2. The summed E-state index contributed by atoms with van der Waals surface area (Å²) in [6, 6.07) is 6.92. The van der Waals surface area contributed by atoms with Gasteiger partial charge >= 0.3 is 12.1 Å². The molecule has 0 fully saturated rings. The van der Waals surface area contributed by atoms with E-state index >= 15 is 0 Å². The second-order valence-electron chi connectivity index (χ2n) is 4.85. The van der Waals surface area contributed by atoms with Gasteiger partial charge in [-0.3, -0.25) is 0 Å².